The van der Waals surface area contributed by atoms with Crippen molar-refractivity contribution in [3.8, 4) is 0 Å². The Morgan fingerprint density at radius 1 is 1.07 bits per heavy atom. The number of nitrogens with zero attached hydrogens (tertiary/aromatic N) is 2. The van der Waals surface area contributed by atoms with Crippen LogP contribution in [0.15, 0.2) is 65.0 Å². The molecule has 140 valence electrons. The number of anilines is 1. The molecule has 1 aromatic heterocycles. The molecule has 0 atom stereocenters. The Kier molecular flexibility index (Phi) is 5.57. The number of aromatic nitrogens is 1. The summed E-state index contributed by atoms with van der Waals surface area (Å²) in [5.74, 6) is 0.139. The lowest BCUT2D eigenvalue weighted by atomic mass is 10.0. The van der Waals surface area contributed by atoms with Crippen molar-refractivity contribution < 1.29 is 13.2 Å². The fraction of sp³-hybridized carbons (Fsp3) is 0.158. The molecule has 0 saturated heterocycles. The molecule has 2 aromatic carbocycles. The highest BCUT2D eigenvalue weighted by molar-refractivity contribution is 7.94. The van der Waals surface area contributed by atoms with E-state index in [1.807, 2.05) is 12.1 Å². The summed E-state index contributed by atoms with van der Waals surface area (Å²) in [5.41, 5.74) is 2.20. The molecular formula is C19H18N3O3S2-. The molecular weight excluding hydrogens is 382 g/mol. The first kappa shape index (κ1) is 19.1. The van der Waals surface area contributed by atoms with Gasteiger partial charge in [-0.3, -0.25) is 4.79 Å². The monoisotopic (exact) mass is 400 g/mol. The van der Waals surface area contributed by atoms with Crippen LogP contribution in [-0.2, 0) is 10.0 Å². The van der Waals surface area contributed by atoms with Crippen LogP contribution in [0.1, 0.15) is 35.7 Å². The van der Waals surface area contributed by atoms with E-state index in [0.717, 1.165) is 16.9 Å². The minimum atomic E-state index is -3.83. The van der Waals surface area contributed by atoms with Gasteiger partial charge in [0.1, 0.15) is 0 Å². The Morgan fingerprint density at radius 2 is 1.74 bits per heavy atom. The summed E-state index contributed by atoms with van der Waals surface area (Å²) >= 11 is 1.14. The average molecular weight is 401 g/mol. The Morgan fingerprint density at radius 3 is 2.30 bits per heavy atom. The predicted molar refractivity (Wildman–Crippen MR) is 107 cm³/mol. The maximum atomic E-state index is 12.3. The summed E-state index contributed by atoms with van der Waals surface area (Å²) in [4.78, 5) is 16.2. The summed E-state index contributed by atoms with van der Waals surface area (Å²) < 4.78 is 28.2. The molecule has 8 heteroatoms. The van der Waals surface area contributed by atoms with Gasteiger partial charge in [0.2, 0.25) is 10.0 Å². The van der Waals surface area contributed by atoms with Crippen molar-refractivity contribution in [3.63, 3.8) is 0 Å². The second-order valence-electron chi connectivity index (χ2n) is 6.14. The van der Waals surface area contributed by atoms with Crippen LogP contribution in [0.4, 0.5) is 10.8 Å². The van der Waals surface area contributed by atoms with Crippen molar-refractivity contribution in [2.75, 3.05) is 5.32 Å². The lowest BCUT2D eigenvalue weighted by Gasteiger charge is -2.12. The molecule has 0 bridgehead atoms. The second kappa shape index (κ2) is 7.89. The highest BCUT2D eigenvalue weighted by Gasteiger charge is 2.11. The van der Waals surface area contributed by atoms with Crippen molar-refractivity contribution in [1.82, 2.24) is 4.98 Å². The third-order valence-corrected chi connectivity index (χ3v) is 5.93. The number of hydrogen-bond acceptors (Lipinski definition) is 5. The normalized spacial score (nSPS) is 11.4. The van der Waals surface area contributed by atoms with Gasteiger partial charge in [0.15, 0.2) is 0 Å². The smallest absolute Gasteiger partial charge is 0.255 e. The number of nitrogens with one attached hydrogen (secondary N) is 1. The zero-order valence-corrected chi connectivity index (χ0v) is 16.4. The Labute approximate surface area is 162 Å². The van der Waals surface area contributed by atoms with Crippen LogP contribution in [0.3, 0.4) is 0 Å². The number of carbonyl (C=O) groups is 1. The molecule has 0 spiro atoms. The quantitative estimate of drug-likeness (QED) is 0.636. The summed E-state index contributed by atoms with van der Waals surface area (Å²) in [6.45, 7) is 4.18. The van der Waals surface area contributed by atoms with Crippen LogP contribution in [0, 0.1) is 0 Å². The maximum Gasteiger partial charge on any atom is 0.255 e. The summed E-state index contributed by atoms with van der Waals surface area (Å²) in [7, 11) is -3.83. The van der Waals surface area contributed by atoms with Gasteiger partial charge in [0, 0.05) is 16.4 Å². The Balaban J connectivity index is 1.69. The van der Waals surface area contributed by atoms with E-state index in [-0.39, 0.29) is 15.9 Å². The summed E-state index contributed by atoms with van der Waals surface area (Å²) in [6, 6.07) is 13.3. The van der Waals surface area contributed by atoms with Gasteiger partial charge in [0.05, 0.1) is 4.90 Å². The maximum absolute atomic E-state index is 12.3. The molecule has 0 aliphatic rings. The Bertz CT molecular complexity index is 1010. The molecule has 0 unspecified atom stereocenters. The predicted octanol–water partition coefficient (Wildman–Crippen LogP) is 4.91. The molecule has 1 amide bonds. The highest BCUT2D eigenvalue weighted by atomic mass is 32.2. The summed E-state index contributed by atoms with van der Waals surface area (Å²) in [6.07, 6.45) is 1.49. The fourth-order valence-electron chi connectivity index (χ4n) is 2.35. The van der Waals surface area contributed by atoms with E-state index in [4.69, 9.17) is 0 Å². The largest absolute Gasteiger partial charge is 0.433 e. The van der Waals surface area contributed by atoms with Gasteiger partial charge in [-0.15, -0.1) is 0 Å². The standard InChI is InChI=1S/C19H19N3O3S2/c1-13(2)14-3-5-15(6-4-14)18(23)21-16-7-9-17(10-8-16)27(24,25)22-19-20-11-12-26-19/h3-13H,1-2H3,(H2,20,21,22,23)/p-1. The molecule has 0 fully saturated rings. The van der Waals surface area contributed by atoms with Crippen LogP contribution in [0.2, 0.25) is 0 Å². The van der Waals surface area contributed by atoms with E-state index in [1.165, 1.54) is 30.5 Å². The number of thiazole rings is 1. The minimum absolute atomic E-state index is 0.0389. The van der Waals surface area contributed by atoms with Crippen LogP contribution in [0.25, 0.3) is 4.72 Å². The number of carbonyl (C=O) groups excluding carboxylic acids is 1. The SMILES string of the molecule is CC(C)c1ccc(C(=O)Nc2ccc(S(=O)(=O)[N-]c3nccs3)cc2)cc1. The van der Waals surface area contributed by atoms with Crippen LogP contribution < -0.4 is 5.32 Å². The number of amides is 1. The lowest BCUT2D eigenvalue weighted by molar-refractivity contribution is 0.102. The first-order valence-electron chi connectivity index (χ1n) is 8.24. The van der Waals surface area contributed by atoms with Gasteiger partial charge < -0.3 is 15.0 Å². The molecule has 1 N–H and O–H groups in total. The van der Waals surface area contributed by atoms with E-state index in [9.17, 15) is 13.2 Å². The van der Waals surface area contributed by atoms with E-state index in [1.54, 1.807) is 17.5 Å². The molecule has 3 rings (SSSR count). The number of hydrogen-bond donors (Lipinski definition) is 1. The molecule has 27 heavy (non-hydrogen) atoms. The van der Waals surface area contributed by atoms with E-state index < -0.39 is 10.0 Å². The first-order chi connectivity index (χ1) is 12.8. The zero-order chi connectivity index (χ0) is 19.4. The highest BCUT2D eigenvalue weighted by Crippen LogP contribution is 2.29. The first-order valence-corrected chi connectivity index (χ1v) is 10.6. The van der Waals surface area contributed by atoms with Crippen molar-refractivity contribution in [3.05, 3.63) is 76.0 Å². The summed E-state index contributed by atoms with van der Waals surface area (Å²) in [5, 5.41) is 4.59. The number of rotatable bonds is 6. The fourth-order valence-corrected chi connectivity index (χ4v) is 4.02. The molecule has 6 nitrogen and oxygen atoms in total. The van der Waals surface area contributed by atoms with Gasteiger partial charge in [-0.05, 0) is 53.3 Å². The third-order valence-electron chi connectivity index (χ3n) is 3.87. The molecule has 0 saturated carbocycles. The van der Waals surface area contributed by atoms with E-state index >= 15 is 0 Å². The number of sulfonamides is 1. The zero-order valence-electron chi connectivity index (χ0n) is 14.8. The van der Waals surface area contributed by atoms with Crippen molar-refractivity contribution >= 4 is 38.1 Å². The molecule has 1 heterocycles. The number of benzene rings is 2. The minimum Gasteiger partial charge on any atom is -0.433 e. The molecule has 0 aliphatic heterocycles. The van der Waals surface area contributed by atoms with Crippen LogP contribution >= 0.6 is 11.3 Å². The van der Waals surface area contributed by atoms with Gasteiger partial charge >= 0.3 is 0 Å². The van der Waals surface area contributed by atoms with Gasteiger partial charge in [-0.1, -0.05) is 32.2 Å². The van der Waals surface area contributed by atoms with Gasteiger partial charge in [-0.25, -0.2) is 8.42 Å². The van der Waals surface area contributed by atoms with E-state index in [0.29, 0.717) is 17.2 Å². The van der Waals surface area contributed by atoms with E-state index in [2.05, 4.69) is 28.9 Å². The lowest BCUT2D eigenvalue weighted by Crippen LogP contribution is -2.12. The topological polar surface area (TPSA) is 90.2 Å². The Hall–Kier alpha value is -2.71. The molecule has 0 aliphatic carbocycles. The van der Waals surface area contributed by atoms with Crippen LogP contribution in [0.5, 0.6) is 0 Å². The van der Waals surface area contributed by atoms with Gasteiger partial charge in [-0.2, -0.15) is 11.3 Å². The van der Waals surface area contributed by atoms with Crippen molar-refractivity contribution in [1.29, 1.82) is 0 Å². The molecule has 3 aromatic rings. The average Bonchev–Trinajstić information content (AvgIpc) is 3.14. The second-order valence-corrected chi connectivity index (χ2v) is 8.61. The third kappa shape index (κ3) is 4.72. The van der Waals surface area contributed by atoms with Crippen molar-refractivity contribution in [2.24, 2.45) is 0 Å². The van der Waals surface area contributed by atoms with Gasteiger partial charge in [0.25, 0.3) is 5.91 Å². The molecule has 0 radical (unpaired) electrons. The van der Waals surface area contributed by atoms with Crippen LogP contribution in [-0.4, -0.2) is 19.3 Å². The van der Waals surface area contributed by atoms with Crippen molar-refractivity contribution in [2.45, 2.75) is 24.7 Å².